The predicted molar refractivity (Wildman–Crippen MR) is 101 cm³/mol. The Morgan fingerprint density at radius 3 is 2.81 bits per heavy atom. The van der Waals surface area contributed by atoms with Crippen LogP contribution in [0.1, 0.15) is 0 Å². The molecule has 4 aromatic heterocycles. The van der Waals surface area contributed by atoms with Crippen molar-refractivity contribution in [1.29, 1.82) is 0 Å². The molecule has 5 heterocycles. The summed E-state index contributed by atoms with van der Waals surface area (Å²) >= 11 is 4.70. The molecule has 8 nitrogen and oxygen atoms in total. The normalized spacial score (nSPS) is 15.0. The third kappa shape index (κ3) is 3.07. The summed E-state index contributed by atoms with van der Waals surface area (Å²) in [5, 5.41) is 27.5. The van der Waals surface area contributed by atoms with E-state index in [4.69, 9.17) is 4.74 Å². The minimum absolute atomic E-state index is 0.724. The Bertz CT molecular complexity index is 1020. The first-order valence-electron chi connectivity index (χ1n) is 7.96. The second kappa shape index (κ2) is 6.91. The van der Waals surface area contributed by atoms with Gasteiger partial charge < -0.3 is 9.64 Å². The number of morpholine rings is 1. The first-order chi connectivity index (χ1) is 12.9. The molecule has 0 N–H and O–H groups in total. The van der Waals surface area contributed by atoms with E-state index in [-0.39, 0.29) is 0 Å². The van der Waals surface area contributed by atoms with Gasteiger partial charge in [-0.3, -0.25) is 0 Å². The third-order valence-electron chi connectivity index (χ3n) is 3.89. The zero-order valence-corrected chi connectivity index (χ0v) is 15.9. The van der Waals surface area contributed by atoms with Gasteiger partial charge in [0.05, 0.1) is 13.2 Å². The van der Waals surface area contributed by atoms with Crippen LogP contribution in [0.4, 0.5) is 5.13 Å². The molecule has 1 aliphatic rings. The van der Waals surface area contributed by atoms with E-state index in [9.17, 15) is 0 Å². The Morgan fingerprint density at radius 2 is 1.96 bits per heavy atom. The lowest BCUT2D eigenvalue weighted by atomic mass is 10.3. The summed E-state index contributed by atoms with van der Waals surface area (Å²) < 4.78 is 8.02. The quantitative estimate of drug-likeness (QED) is 0.514. The number of hydrogen-bond acceptors (Lipinski definition) is 10. The smallest absolute Gasteiger partial charge is 0.209 e. The van der Waals surface area contributed by atoms with Crippen molar-refractivity contribution < 1.29 is 4.74 Å². The van der Waals surface area contributed by atoms with Crippen LogP contribution in [0.5, 0.6) is 0 Å². The molecule has 0 radical (unpaired) electrons. The number of aromatic nitrogens is 6. The van der Waals surface area contributed by atoms with Crippen LogP contribution in [0, 0.1) is 0 Å². The summed E-state index contributed by atoms with van der Waals surface area (Å²) in [5.74, 6) is 0.745. The maximum Gasteiger partial charge on any atom is 0.209 e. The predicted octanol–water partition coefficient (Wildman–Crippen LogP) is 2.69. The number of thiophene rings is 1. The van der Waals surface area contributed by atoms with Crippen LogP contribution in [0.2, 0.25) is 0 Å². The van der Waals surface area contributed by atoms with Gasteiger partial charge in [-0.15, -0.1) is 20.4 Å². The minimum Gasteiger partial charge on any atom is -0.378 e. The Balaban J connectivity index is 1.41. The van der Waals surface area contributed by atoms with Gasteiger partial charge in [0.15, 0.2) is 15.8 Å². The number of ether oxygens (including phenoxy) is 1. The zero-order chi connectivity index (χ0) is 17.3. The Kier molecular flexibility index (Phi) is 4.28. The lowest BCUT2D eigenvalue weighted by Crippen LogP contribution is -2.36. The molecule has 1 fully saturated rings. The van der Waals surface area contributed by atoms with Gasteiger partial charge in [0.2, 0.25) is 5.13 Å². The molecule has 26 heavy (non-hydrogen) atoms. The summed E-state index contributed by atoms with van der Waals surface area (Å²) in [6, 6.07) is 5.87. The van der Waals surface area contributed by atoms with E-state index in [1.165, 1.54) is 11.8 Å². The summed E-state index contributed by atoms with van der Waals surface area (Å²) in [5.41, 5.74) is 1.74. The molecule has 0 saturated carbocycles. The van der Waals surface area contributed by atoms with E-state index < -0.39 is 0 Å². The molecule has 0 aromatic carbocycles. The van der Waals surface area contributed by atoms with Crippen molar-refractivity contribution in [2.24, 2.45) is 0 Å². The molecule has 0 bridgehead atoms. The van der Waals surface area contributed by atoms with E-state index in [1.54, 1.807) is 27.2 Å². The van der Waals surface area contributed by atoms with E-state index in [0.717, 1.165) is 57.8 Å². The highest BCUT2D eigenvalue weighted by molar-refractivity contribution is 8.01. The molecule has 0 amide bonds. The van der Waals surface area contributed by atoms with Crippen molar-refractivity contribution in [1.82, 2.24) is 30.0 Å². The van der Waals surface area contributed by atoms with Gasteiger partial charge in [0, 0.05) is 24.0 Å². The summed E-state index contributed by atoms with van der Waals surface area (Å²) in [6.07, 6.45) is 0. The molecule has 11 heteroatoms. The largest absolute Gasteiger partial charge is 0.378 e. The maximum atomic E-state index is 5.38. The van der Waals surface area contributed by atoms with Gasteiger partial charge in [-0.25, -0.2) is 0 Å². The highest BCUT2D eigenvalue weighted by Crippen LogP contribution is 2.33. The fourth-order valence-corrected chi connectivity index (χ4v) is 5.04. The molecule has 4 aromatic rings. The van der Waals surface area contributed by atoms with Crippen molar-refractivity contribution in [2.45, 2.75) is 9.37 Å². The van der Waals surface area contributed by atoms with Gasteiger partial charge in [0.1, 0.15) is 5.03 Å². The van der Waals surface area contributed by atoms with E-state index in [2.05, 4.69) is 30.4 Å². The summed E-state index contributed by atoms with van der Waals surface area (Å²) in [6.45, 7) is 3.18. The number of hydrogen-bond donors (Lipinski definition) is 0. The molecule has 5 rings (SSSR count). The Labute approximate surface area is 160 Å². The fourth-order valence-electron chi connectivity index (χ4n) is 2.61. The zero-order valence-electron chi connectivity index (χ0n) is 13.5. The van der Waals surface area contributed by atoms with Crippen LogP contribution < -0.4 is 4.90 Å². The lowest BCUT2D eigenvalue weighted by molar-refractivity contribution is 0.122. The summed E-state index contributed by atoms with van der Waals surface area (Å²) in [7, 11) is 0. The van der Waals surface area contributed by atoms with Gasteiger partial charge in [-0.1, -0.05) is 11.3 Å². The monoisotopic (exact) mass is 403 g/mol. The van der Waals surface area contributed by atoms with E-state index in [0.29, 0.717) is 0 Å². The highest BCUT2D eigenvalue weighted by Gasteiger charge is 2.17. The minimum atomic E-state index is 0.724. The number of fused-ring (bicyclic) bond motifs is 1. The first kappa shape index (κ1) is 16.1. The number of anilines is 1. The highest BCUT2D eigenvalue weighted by atomic mass is 32.2. The summed E-state index contributed by atoms with van der Waals surface area (Å²) in [4.78, 5) is 2.20. The van der Waals surface area contributed by atoms with Gasteiger partial charge in [-0.05, 0) is 35.3 Å². The fraction of sp³-hybridized carbons (Fsp3) is 0.267. The standard InChI is InChI=1S/C15H13N7OS3/c1-2-12(20-22-11(1)16-17-13(22)10-3-8-24-9-10)25-15-19-18-14(26-15)21-4-6-23-7-5-21/h1-3,8-9H,4-7H2. The van der Waals surface area contributed by atoms with E-state index >= 15 is 0 Å². The maximum absolute atomic E-state index is 5.38. The van der Waals surface area contributed by atoms with Crippen molar-refractivity contribution in [3.63, 3.8) is 0 Å². The van der Waals surface area contributed by atoms with Crippen molar-refractivity contribution in [3.05, 3.63) is 29.0 Å². The SMILES string of the molecule is c1cc(-c2nnc3ccc(Sc4nnc(N5CCOCC5)s4)nn23)cs1. The molecule has 0 unspecified atom stereocenters. The van der Waals surface area contributed by atoms with Gasteiger partial charge >= 0.3 is 0 Å². The molecular weight excluding hydrogens is 390 g/mol. The Hall–Kier alpha value is -2.08. The Morgan fingerprint density at radius 1 is 1.04 bits per heavy atom. The van der Waals surface area contributed by atoms with Crippen LogP contribution in [0.3, 0.4) is 0 Å². The number of rotatable bonds is 4. The van der Waals surface area contributed by atoms with Gasteiger partial charge in [0.25, 0.3) is 0 Å². The average Bonchev–Trinajstić information content (AvgIpc) is 3.42. The topological polar surface area (TPSA) is 81.3 Å². The van der Waals surface area contributed by atoms with Crippen LogP contribution in [0.25, 0.3) is 17.0 Å². The first-order valence-corrected chi connectivity index (χ1v) is 10.5. The van der Waals surface area contributed by atoms with Crippen molar-refractivity contribution >= 4 is 45.2 Å². The molecule has 0 spiro atoms. The lowest BCUT2D eigenvalue weighted by Gasteiger charge is -2.25. The molecule has 1 saturated heterocycles. The van der Waals surface area contributed by atoms with Crippen molar-refractivity contribution in [2.75, 3.05) is 31.2 Å². The third-order valence-corrected chi connectivity index (χ3v) is 6.53. The van der Waals surface area contributed by atoms with Crippen LogP contribution in [-0.4, -0.2) is 56.3 Å². The van der Waals surface area contributed by atoms with Crippen LogP contribution in [-0.2, 0) is 4.74 Å². The molecular formula is C15H13N7OS3. The van der Waals surface area contributed by atoms with Crippen LogP contribution in [0.15, 0.2) is 38.3 Å². The average molecular weight is 404 g/mol. The van der Waals surface area contributed by atoms with E-state index in [1.807, 2.05) is 29.0 Å². The second-order valence-electron chi connectivity index (χ2n) is 5.53. The molecule has 1 aliphatic heterocycles. The second-order valence-corrected chi connectivity index (χ2v) is 8.53. The molecule has 0 atom stereocenters. The van der Waals surface area contributed by atoms with Crippen molar-refractivity contribution in [3.8, 4) is 11.4 Å². The van der Waals surface area contributed by atoms with Gasteiger partial charge in [-0.2, -0.15) is 21.0 Å². The molecule has 0 aliphatic carbocycles. The van der Waals surface area contributed by atoms with Crippen LogP contribution >= 0.6 is 34.4 Å². The number of nitrogens with zero attached hydrogens (tertiary/aromatic N) is 7. The molecule has 132 valence electrons.